The lowest BCUT2D eigenvalue weighted by molar-refractivity contribution is 0.595. The van der Waals surface area contributed by atoms with Gasteiger partial charge in [0.05, 0.1) is 5.69 Å². The van der Waals surface area contributed by atoms with Crippen molar-refractivity contribution >= 4 is 11.4 Å². The van der Waals surface area contributed by atoms with Crippen LogP contribution in [-0.2, 0) is 0 Å². The molecular formula is C6H6F2N2. The first-order valence-electron chi connectivity index (χ1n) is 2.62. The normalized spacial score (nSPS) is 9.80. The molecule has 0 aliphatic heterocycles. The number of anilines is 2. The van der Waals surface area contributed by atoms with E-state index in [1.807, 2.05) is 0 Å². The summed E-state index contributed by atoms with van der Waals surface area (Å²) in [5.41, 5.74) is 9.35. The predicted octanol–water partition coefficient (Wildman–Crippen LogP) is 1.13. The van der Waals surface area contributed by atoms with Gasteiger partial charge in [0.1, 0.15) is 11.5 Å². The van der Waals surface area contributed by atoms with Crippen molar-refractivity contribution in [1.29, 1.82) is 0 Å². The van der Waals surface area contributed by atoms with Gasteiger partial charge in [-0.15, -0.1) is 0 Å². The third-order valence-electron chi connectivity index (χ3n) is 1.16. The largest absolute Gasteiger partial charge is 0.396 e. The van der Waals surface area contributed by atoms with E-state index in [0.717, 1.165) is 12.1 Å². The molecule has 0 bridgehead atoms. The smallest absolute Gasteiger partial charge is 0.171 e. The molecule has 2 nitrogen and oxygen atoms in total. The summed E-state index contributed by atoms with van der Waals surface area (Å²) in [6.45, 7) is 0. The molecule has 1 aromatic carbocycles. The molecule has 1 rings (SSSR count). The standard InChI is InChI=1S/C6H6F2N2/c7-3-1-2-4(9)5(8)6(3)10/h1-2H,9-10H2. The Morgan fingerprint density at radius 3 is 2.20 bits per heavy atom. The topological polar surface area (TPSA) is 52.0 Å². The number of hydrogen-bond acceptors (Lipinski definition) is 2. The highest BCUT2D eigenvalue weighted by molar-refractivity contribution is 5.54. The molecule has 0 amide bonds. The van der Waals surface area contributed by atoms with Crippen LogP contribution in [-0.4, -0.2) is 0 Å². The van der Waals surface area contributed by atoms with E-state index in [9.17, 15) is 8.78 Å². The van der Waals surface area contributed by atoms with Crippen molar-refractivity contribution in [3.05, 3.63) is 23.8 Å². The van der Waals surface area contributed by atoms with Gasteiger partial charge < -0.3 is 11.5 Å². The second-order valence-corrected chi connectivity index (χ2v) is 1.86. The van der Waals surface area contributed by atoms with Crippen LogP contribution >= 0.6 is 0 Å². The van der Waals surface area contributed by atoms with Crippen molar-refractivity contribution in [1.82, 2.24) is 0 Å². The van der Waals surface area contributed by atoms with Gasteiger partial charge >= 0.3 is 0 Å². The maximum atomic E-state index is 12.5. The average molecular weight is 144 g/mol. The van der Waals surface area contributed by atoms with Gasteiger partial charge in [0.2, 0.25) is 0 Å². The molecule has 0 aliphatic rings. The van der Waals surface area contributed by atoms with Crippen LogP contribution < -0.4 is 11.5 Å². The summed E-state index contributed by atoms with van der Waals surface area (Å²) in [5, 5.41) is 0. The molecule has 0 aliphatic carbocycles. The minimum Gasteiger partial charge on any atom is -0.396 e. The molecule has 0 saturated heterocycles. The van der Waals surface area contributed by atoms with Crippen LogP contribution in [0, 0.1) is 11.6 Å². The SMILES string of the molecule is Nc1ccc(F)c(N)c1F. The van der Waals surface area contributed by atoms with Crippen molar-refractivity contribution in [2.75, 3.05) is 11.5 Å². The van der Waals surface area contributed by atoms with Crippen LogP contribution in [0.2, 0.25) is 0 Å². The molecule has 0 fully saturated rings. The minimum absolute atomic E-state index is 0.140. The molecule has 0 unspecified atom stereocenters. The number of nitrogen functional groups attached to an aromatic ring is 2. The molecular weight excluding hydrogens is 138 g/mol. The Kier molecular flexibility index (Phi) is 1.45. The van der Waals surface area contributed by atoms with Crippen LogP contribution in [0.3, 0.4) is 0 Å². The van der Waals surface area contributed by atoms with Crippen LogP contribution in [0.1, 0.15) is 0 Å². The monoisotopic (exact) mass is 144 g/mol. The van der Waals surface area contributed by atoms with E-state index in [1.165, 1.54) is 0 Å². The molecule has 10 heavy (non-hydrogen) atoms. The van der Waals surface area contributed by atoms with Crippen LogP contribution in [0.25, 0.3) is 0 Å². The Hall–Kier alpha value is -1.32. The Balaban J connectivity index is 3.34. The third-order valence-corrected chi connectivity index (χ3v) is 1.16. The Morgan fingerprint density at radius 1 is 1.10 bits per heavy atom. The van der Waals surface area contributed by atoms with Crippen molar-refractivity contribution in [2.24, 2.45) is 0 Å². The van der Waals surface area contributed by atoms with Gasteiger partial charge in [0.25, 0.3) is 0 Å². The fourth-order valence-electron chi connectivity index (χ4n) is 0.586. The Labute approximate surface area is 56.4 Å². The molecule has 4 N–H and O–H groups in total. The van der Waals surface area contributed by atoms with E-state index in [2.05, 4.69) is 0 Å². The van der Waals surface area contributed by atoms with Gasteiger partial charge in [-0.3, -0.25) is 0 Å². The Bertz CT molecular complexity index is 233. The lowest BCUT2D eigenvalue weighted by Gasteiger charge is -1.99. The highest BCUT2D eigenvalue weighted by Gasteiger charge is 2.06. The summed E-state index contributed by atoms with van der Waals surface area (Å²) < 4.78 is 24.8. The summed E-state index contributed by atoms with van der Waals surface area (Å²) in [6, 6.07) is 2.15. The third kappa shape index (κ3) is 0.877. The van der Waals surface area contributed by atoms with Gasteiger partial charge in [-0.05, 0) is 12.1 Å². The molecule has 1 aromatic rings. The van der Waals surface area contributed by atoms with E-state index in [1.54, 1.807) is 0 Å². The molecule has 0 radical (unpaired) electrons. The van der Waals surface area contributed by atoms with Gasteiger partial charge in [0.15, 0.2) is 5.82 Å². The maximum absolute atomic E-state index is 12.5. The maximum Gasteiger partial charge on any atom is 0.171 e. The number of benzene rings is 1. The van der Waals surface area contributed by atoms with Crippen LogP contribution in [0.5, 0.6) is 0 Å². The summed E-state index contributed by atoms with van der Waals surface area (Å²) >= 11 is 0. The number of rotatable bonds is 0. The summed E-state index contributed by atoms with van der Waals surface area (Å²) in [6.07, 6.45) is 0. The summed E-state index contributed by atoms with van der Waals surface area (Å²) in [4.78, 5) is 0. The second-order valence-electron chi connectivity index (χ2n) is 1.86. The first kappa shape index (κ1) is 6.80. The molecule has 0 spiro atoms. The first-order chi connectivity index (χ1) is 4.63. The highest BCUT2D eigenvalue weighted by Crippen LogP contribution is 2.19. The fraction of sp³-hybridized carbons (Fsp3) is 0. The van der Waals surface area contributed by atoms with E-state index < -0.39 is 17.3 Å². The van der Waals surface area contributed by atoms with E-state index >= 15 is 0 Å². The van der Waals surface area contributed by atoms with Gasteiger partial charge in [-0.25, -0.2) is 8.78 Å². The molecule has 0 aromatic heterocycles. The van der Waals surface area contributed by atoms with Crippen molar-refractivity contribution < 1.29 is 8.78 Å². The Morgan fingerprint density at radius 2 is 1.70 bits per heavy atom. The zero-order valence-electron chi connectivity index (χ0n) is 5.07. The predicted molar refractivity (Wildman–Crippen MR) is 35.2 cm³/mol. The lowest BCUT2D eigenvalue weighted by atomic mass is 10.2. The molecule has 4 heteroatoms. The minimum atomic E-state index is -0.889. The van der Waals surface area contributed by atoms with Crippen molar-refractivity contribution in [2.45, 2.75) is 0 Å². The number of halogens is 2. The van der Waals surface area contributed by atoms with E-state index in [4.69, 9.17) is 11.5 Å². The van der Waals surface area contributed by atoms with E-state index in [0.29, 0.717) is 0 Å². The molecule has 0 saturated carbocycles. The molecule has 0 heterocycles. The van der Waals surface area contributed by atoms with Gasteiger partial charge in [-0.1, -0.05) is 0 Å². The first-order valence-corrected chi connectivity index (χ1v) is 2.62. The van der Waals surface area contributed by atoms with E-state index in [-0.39, 0.29) is 5.69 Å². The average Bonchev–Trinajstić information content (AvgIpc) is 1.93. The summed E-state index contributed by atoms with van der Waals surface area (Å²) in [5.74, 6) is -1.67. The van der Waals surface area contributed by atoms with Gasteiger partial charge in [-0.2, -0.15) is 0 Å². The van der Waals surface area contributed by atoms with Crippen LogP contribution in [0.4, 0.5) is 20.2 Å². The molecule has 0 atom stereocenters. The highest BCUT2D eigenvalue weighted by atomic mass is 19.1. The molecule has 54 valence electrons. The zero-order chi connectivity index (χ0) is 7.72. The van der Waals surface area contributed by atoms with Crippen molar-refractivity contribution in [3.8, 4) is 0 Å². The quantitative estimate of drug-likeness (QED) is 0.536. The lowest BCUT2D eigenvalue weighted by Crippen LogP contribution is -1.99. The van der Waals surface area contributed by atoms with Crippen molar-refractivity contribution in [3.63, 3.8) is 0 Å². The van der Waals surface area contributed by atoms with Gasteiger partial charge in [0, 0.05) is 0 Å². The van der Waals surface area contributed by atoms with Crippen LogP contribution in [0.15, 0.2) is 12.1 Å². The number of nitrogens with two attached hydrogens (primary N) is 2. The number of hydrogen-bond donors (Lipinski definition) is 2. The summed E-state index contributed by atoms with van der Waals surface area (Å²) in [7, 11) is 0. The second kappa shape index (κ2) is 2.13. The fourth-order valence-corrected chi connectivity index (χ4v) is 0.586. The zero-order valence-corrected chi connectivity index (χ0v) is 5.07.